The van der Waals surface area contributed by atoms with Gasteiger partial charge in [0.2, 0.25) is 5.91 Å². The summed E-state index contributed by atoms with van der Waals surface area (Å²) in [6, 6.07) is 0.130. The van der Waals surface area contributed by atoms with Crippen molar-refractivity contribution in [2.45, 2.75) is 31.8 Å². The van der Waals surface area contributed by atoms with Gasteiger partial charge in [-0.2, -0.15) is 0 Å². The fourth-order valence-electron chi connectivity index (χ4n) is 3.01. The first-order valence-corrected chi connectivity index (χ1v) is 7.39. The quantitative estimate of drug-likeness (QED) is 0.885. The van der Waals surface area contributed by atoms with Crippen LogP contribution in [0.15, 0.2) is 12.5 Å². The number of nitrogens with one attached hydrogen (secondary N) is 1. The highest BCUT2D eigenvalue weighted by molar-refractivity contribution is 5.80. The minimum atomic E-state index is -0.201. The van der Waals surface area contributed by atoms with E-state index in [1.165, 1.54) is 6.42 Å². The fraction of sp³-hybridized carbons (Fsp3) is 0.714. The summed E-state index contributed by atoms with van der Waals surface area (Å²) < 4.78 is 7.32. The number of hydrogen-bond acceptors (Lipinski definition) is 4. The Bertz CT molecular complexity index is 461. The molecule has 0 radical (unpaired) electrons. The van der Waals surface area contributed by atoms with Crippen molar-refractivity contribution in [3.63, 3.8) is 0 Å². The Balaban J connectivity index is 1.74. The molecule has 0 aliphatic carbocycles. The van der Waals surface area contributed by atoms with E-state index in [1.54, 1.807) is 6.33 Å². The average molecular weight is 278 g/mol. The van der Waals surface area contributed by atoms with E-state index in [2.05, 4.69) is 10.3 Å². The molecule has 20 heavy (non-hydrogen) atoms. The van der Waals surface area contributed by atoms with Crippen LogP contribution in [0.1, 0.15) is 37.5 Å². The summed E-state index contributed by atoms with van der Waals surface area (Å²) in [7, 11) is 0. The van der Waals surface area contributed by atoms with Gasteiger partial charge in [0.15, 0.2) is 0 Å². The number of morpholine rings is 1. The summed E-state index contributed by atoms with van der Waals surface area (Å²) in [6.45, 7) is 5.65. The van der Waals surface area contributed by atoms with Gasteiger partial charge in [-0.1, -0.05) is 0 Å². The Morgan fingerprint density at radius 2 is 2.30 bits per heavy atom. The SMILES string of the molecule is CC(C(=O)N1CCOCC1)n1cncc1[C@@H]1CCCN1. The molecule has 2 fully saturated rings. The number of ether oxygens (including phenoxy) is 1. The maximum Gasteiger partial charge on any atom is 0.245 e. The molecular weight excluding hydrogens is 256 g/mol. The Kier molecular flexibility index (Phi) is 4.03. The number of aromatic nitrogens is 2. The molecule has 2 aliphatic heterocycles. The van der Waals surface area contributed by atoms with Crippen molar-refractivity contribution in [3.05, 3.63) is 18.2 Å². The van der Waals surface area contributed by atoms with Crippen LogP contribution in [0, 0.1) is 0 Å². The molecule has 2 atom stereocenters. The Morgan fingerprint density at radius 1 is 1.50 bits per heavy atom. The van der Waals surface area contributed by atoms with Gasteiger partial charge < -0.3 is 19.5 Å². The molecule has 2 aliphatic rings. The highest BCUT2D eigenvalue weighted by Gasteiger charge is 2.27. The smallest absolute Gasteiger partial charge is 0.245 e. The van der Waals surface area contributed by atoms with Crippen molar-refractivity contribution in [1.82, 2.24) is 19.8 Å². The van der Waals surface area contributed by atoms with E-state index in [0.717, 1.165) is 18.7 Å². The first kappa shape index (κ1) is 13.6. The van der Waals surface area contributed by atoms with E-state index in [4.69, 9.17) is 4.74 Å². The highest BCUT2D eigenvalue weighted by Crippen LogP contribution is 2.25. The second kappa shape index (κ2) is 5.93. The number of carbonyl (C=O) groups is 1. The molecule has 0 bridgehead atoms. The molecule has 0 aromatic carbocycles. The third-order valence-corrected chi connectivity index (χ3v) is 4.21. The van der Waals surface area contributed by atoms with Crippen LogP contribution in [0.5, 0.6) is 0 Å². The van der Waals surface area contributed by atoms with Crippen molar-refractivity contribution in [1.29, 1.82) is 0 Å². The van der Waals surface area contributed by atoms with Crippen molar-refractivity contribution in [2.24, 2.45) is 0 Å². The summed E-state index contributed by atoms with van der Waals surface area (Å²) in [5.41, 5.74) is 1.12. The molecule has 2 saturated heterocycles. The second-order valence-corrected chi connectivity index (χ2v) is 5.49. The van der Waals surface area contributed by atoms with Crippen molar-refractivity contribution in [2.75, 3.05) is 32.8 Å². The van der Waals surface area contributed by atoms with Crippen molar-refractivity contribution >= 4 is 5.91 Å². The summed E-state index contributed by atoms with van der Waals surface area (Å²) in [5.74, 6) is 0.158. The van der Waals surface area contributed by atoms with Crippen molar-refractivity contribution < 1.29 is 9.53 Å². The summed E-state index contributed by atoms with van der Waals surface area (Å²) in [4.78, 5) is 18.7. The van der Waals surface area contributed by atoms with Gasteiger partial charge in [0, 0.05) is 25.3 Å². The third-order valence-electron chi connectivity index (χ3n) is 4.21. The minimum absolute atomic E-state index is 0.158. The van der Waals surface area contributed by atoms with Gasteiger partial charge >= 0.3 is 0 Å². The van der Waals surface area contributed by atoms with Gasteiger partial charge in [-0.15, -0.1) is 0 Å². The number of hydrogen-bond donors (Lipinski definition) is 1. The molecule has 6 heteroatoms. The van der Waals surface area contributed by atoms with Crippen LogP contribution in [0.4, 0.5) is 0 Å². The molecule has 1 aromatic rings. The molecule has 6 nitrogen and oxygen atoms in total. The van der Waals surface area contributed by atoms with E-state index in [0.29, 0.717) is 32.3 Å². The second-order valence-electron chi connectivity index (χ2n) is 5.49. The Morgan fingerprint density at radius 3 is 3.00 bits per heavy atom. The maximum absolute atomic E-state index is 12.6. The monoisotopic (exact) mass is 278 g/mol. The first-order chi connectivity index (χ1) is 9.77. The van der Waals surface area contributed by atoms with Crippen LogP contribution in [0.25, 0.3) is 0 Å². The fourth-order valence-corrected chi connectivity index (χ4v) is 3.01. The predicted octanol–water partition coefficient (Wildman–Crippen LogP) is 0.727. The van der Waals surface area contributed by atoms with E-state index >= 15 is 0 Å². The summed E-state index contributed by atoms with van der Waals surface area (Å²) >= 11 is 0. The lowest BCUT2D eigenvalue weighted by atomic mass is 10.1. The number of imidazole rings is 1. The van der Waals surface area contributed by atoms with Crippen LogP contribution in [0.3, 0.4) is 0 Å². The minimum Gasteiger partial charge on any atom is -0.378 e. The number of carbonyl (C=O) groups excluding carboxylic acids is 1. The zero-order valence-corrected chi connectivity index (χ0v) is 11.9. The Labute approximate surface area is 119 Å². The molecule has 1 aromatic heterocycles. The van der Waals surface area contributed by atoms with E-state index < -0.39 is 0 Å². The average Bonchev–Trinajstić information content (AvgIpc) is 3.16. The number of rotatable bonds is 3. The van der Waals surface area contributed by atoms with Gasteiger partial charge in [0.25, 0.3) is 0 Å². The molecule has 0 saturated carbocycles. The van der Waals surface area contributed by atoms with Gasteiger partial charge in [-0.05, 0) is 26.3 Å². The van der Waals surface area contributed by atoms with Gasteiger partial charge in [0.1, 0.15) is 6.04 Å². The van der Waals surface area contributed by atoms with E-state index in [9.17, 15) is 4.79 Å². The summed E-state index contributed by atoms with van der Waals surface area (Å²) in [5, 5.41) is 3.47. The molecule has 1 amide bonds. The Hall–Kier alpha value is -1.40. The lowest BCUT2D eigenvalue weighted by Gasteiger charge is -2.30. The molecule has 1 N–H and O–H groups in total. The third kappa shape index (κ3) is 2.58. The number of nitrogens with zero attached hydrogens (tertiary/aromatic N) is 3. The topological polar surface area (TPSA) is 59.4 Å². The van der Waals surface area contributed by atoms with Crippen LogP contribution in [-0.4, -0.2) is 53.2 Å². The first-order valence-electron chi connectivity index (χ1n) is 7.39. The molecular formula is C14H22N4O2. The van der Waals surface area contributed by atoms with Gasteiger partial charge in [0.05, 0.1) is 25.2 Å². The zero-order valence-electron chi connectivity index (χ0n) is 11.9. The zero-order chi connectivity index (χ0) is 13.9. The molecule has 0 spiro atoms. The van der Waals surface area contributed by atoms with Crippen LogP contribution < -0.4 is 5.32 Å². The predicted molar refractivity (Wildman–Crippen MR) is 74.3 cm³/mol. The van der Waals surface area contributed by atoms with Crippen LogP contribution in [0.2, 0.25) is 0 Å². The lowest BCUT2D eigenvalue weighted by Crippen LogP contribution is -2.44. The molecule has 3 rings (SSSR count). The summed E-state index contributed by atoms with van der Waals surface area (Å²) in [6.07, 6.45) is 5.95. The van der Waals surface area contributed by atoms with Crippen LogP contribution in [-0.2, 0) is 9.53 Å². The van der Waals surface area contributed by atoms with Crippen LogP contribution >= 0.6 is 0 Å². The number of amides is 1. The lowest BCUT2D eigenvalue weighted by molar-refractivity contribution is -0.138. The maximum atomic E-state index is 12.6. The highest BCUT2D eigenvalue weighted by atomic mass is 16.5. The van der Waals surface area contributed by atoms with E-state index in [-0.39, 0.29) is 11.9 Å². The standard InChI is InChI=1S/C14H22N4O2/c1-11(14(19)17-5-7-20-8-6-17)18-10-15-9-13(18)12-3-2-4-16-12/h9-12,16H,2-8H2,1H3/t11?,12-/m0/s1. The normalized spacial score (nSPS) is 24.9. The van der Waals surface area contributed by atoms with Gasteiger partial charge in [-0.3, -0.25) is 4.79 Å². The van der Waals surface area contributed by atoms with E-state index in [1.807, 2.05) is 22.6 Å². The molecule has 1 unspecified atom stereocenters. The van der Waals surface area contributed by atoms with Crippen molar-refractivity contribution in [3.8, 4) is 0 Å². The van der Waals surface area contributed by atoms with Gasteiger partial charge in [-0.25, -0.2) is 4.98 Å². The molecule has 3 heterocycles. The largest absolute Gasteiger partial charge is 0.378 e. The molecule has 110 valence electrons.